The lowest BCUT2D eigenvalue weighted by Gasteiger charge is -2.19. The predicted octanol–water partition coefficient (Wildman–Crippen LogP) is 3.27. The van der Waals surface area contributed by atoms with E-state index in [0.717, 1.165) is 24.6 Å². The third kappa shape index (κ3) is 3.55. The Bertz CT molecular complexity index is 520. The Balaban J connectivity index is 2.13. The molecular formula is C16H21N3. The number of anilines is 2. The Morgan fingerprint density at radius 3 is 2.68 bits per heavy atom. The van der Waals surface area contributed by atoms with Gasteiger partial charge in [-0.3, -0.25) is 0 Å². The number of benzene rings is 1. The molecule has 0 spiro atoms. The SMILES string of the molecule is CCNCc1ccc(N(C)c2cccc(C)c2)nc1. The highest BCUT2D eigenvalue weighted by Gasteiger charge is 2.05. The summed E-state index contributed by atoms with van der Waals surface area (Å²) in [7, 11) is 2.04. The van der Waals surface area contributed by atoms with Crippen molar-refractivity contribution in [2.45, 2.75) is 20.4 Å². The van der Waals surface area contributed by atoms with E-state index in [0.29, 0.717) is 0 Å². The fraction of sp³-hybridized carbons (Fsp3) is 0.312. The second-order valence-electron chi connectivity index (χ2n) is 4.70. The van der Waals surface area contributed by atoms with Crippen molar-refractivity contribution < 1.29 is 0 Å². The molecule has 2 rings (SSSR count). The van der Waals surface area contributed by atoms with E-state index in [2.05, 4.69) is 65.4 Å². The molecule has 0 aliphatic carbocycles. The zero-order valence-corrected chi connectivity index (χ0v) is 11.9. The van der Waals surface area contributed by atoms with Gasteiger partial charge in [0.25, 0.3) is 0 Å². The van der Waals surface area contributed by atoms with Gasteiger partial charge in [-0.25, -0.2) is 4.98 Å². The molecule has 1 N–H and O–H groups in total. The average Bonchev–Trinajstić information content (AvgIpc) is 2.45. The van der Waals surface area contributed by atoms with E-state index in [1.807, 2.05) is 13.2 Å². The molecule has 0 unspecified atom stereocenters. The van der Waals surface area contributed by atoms with E-state index in [4.69, 9.17) is 0 Å². The summed E-state index contributed by atoms with van der Waals surface area (Å²) in [6, 6.07) is 12.6. The first kappa shape index (κ1) is 13.6. The molecule has 0 bridgehead atoms. The van der Waals surface area contributed by atoms with Crippen LogP contribution >= 0.6 is 0 Å². The van der Waals surface area contributed by atoms with Crippen LogP contribution in [0.1, 0.15) is 18.1 Å². The molecular weight excluding hydrogens is 234 g/mol. The summed E-state index contributed by atoms with van der Waals surface area (Å²) in [6.45, 7) is 6.06. The minimum absolute atomic E-state index is 0.873. The zero-order chi connectivity index (χ0) is 13.7. The van der Waals surface area contributed by atoms with Gasteiger partial charge >= 0.3 is 0 Å². The molecule has 100 valence electrons. The number of nitrogens with zero attached hydrogens (tertiary/aromatic N) is 2. The monoisotopic (exact) mass is 255 g/mol. The lowest BCUT2D eigenvalue weighted by Crippen LogP contribution is -2.14. The van der Waals surface area contributed by atoms with Gasteiger partial charge in [-0.2, -0.15) is 0 Å². The van der Waals surface area contributed by atoms with E-state index in [9.17, 15) is 0 Å². The standard InChI is InChI=1S/C16H21N3/c1-4-17-11-14-8-9-16(18-12-14)19(3)15-7-5-6-13(2)10-15/h5-10,12,17H,4,11H2,1-3H3. The van der Waals surface area contributed by atoms with Gasteiger partial charge in [0.15, 0.2) is 0 Å². The number of aromatic nitrogens is 1. The largest absolute Gasteiger partial charge is 0.329 e. The molecule has 0 fully saturated rings. The fourth-order valence-corrected chi connectivity index (χ4v) is 1.96. The summed E-state index contributed by atoms with van der Waals surface area (Å²) in [5.41, 5.74) is 3.63. The van der Waals surface area contributed by atoms with E-state index in [1.165, 1.54) is 11.1 Å². The molecule has 1 aromatic heterocycles. The minimum Gasteiger partial charge on any atom is -0.329 e. The first-order chi connectivity index (χ1) is 9.20. The van der Waals surface area contributed by atoms with Gasteiger partial charge in [-0.15, -0.1) is 0 Å². The van der Waals surface area contributed by atoms with Crippen molar-refractivity contribution >= 4 is 11.5 Å². The summed E-state index contributed by atoms with van der Waals surface area (Å²) in [5.74, 6) is 0.964. The van der Waals surface area contributed by atoms with Crippen molar-refractivity contribution in [3.8, 4) is 0 Å². The summed E-state index contributed by atoms with van der Waals surface area (Å²) >= 11 is 0. The molecule has 0 radical (unpaired) electrons. The molecule has 0 saturated carbocycles. The summed E-state index contributed by atoms with van der Waals surface area (Å²) in [6.07, 6.45) is 1.93. The number of pyridine rings is 1. The first-order valence-corrected chi connectivity index (χ1v) is 6.66. The van der Waals surface area contributed by atoms with Crippen LogP contribution in [0.5, 0.6) is 0 Å². The van der Waals surface area contributed by atoms with Crippen LogP contribution in [-0.2, 0) is 6.54 Å². The molecule has 19 heavy (non-hydrogen) atoms. The van der Waals surface area contributed by atoms with E-state index in [1.54, 1.807) is 0 Å². The van der Waals surface area contributed by atoms with Crippen LogP contribution in [0.15, 0.2) is 42.6 Å². The lowest BCUT2D eigenvalue weighted by molar-refractivity contribution is 0.724. The quantitative estimate of drug-likeness (QED) is 0.888. The molecule has 0 amide bonds. The Labute approximate surface area is 115 Å². The number of hydrogen-bond acceptors (Lipinski definition) is 3. The number of aryl methyl sites for hydroxylation is 1. The third-order valence-corrected chi connectivity index (χ3v) is 3.12. The maximum atomic E-state index is 4.52. The maximum absolute atomic E-state index is 4.52. The van der Waals surface area contributed by atoms with Crippen LogP contribution in [0, 0.1) is 6.92 Å². The number of hydrogen-bond donors (Lipinski definition) is 1. The van der Waals surface area contributed by atoms with E-state index >= 15 is 0 Å². The Morgan fingerprint density at radius 2 is 2.05 bits per heavy atom. The fourth-order valence-electron chi connectivity index (χ4n) is 1.96. The first-order valence-electron chi connectivity index (χ1n) is 6.66. The summed E-state index contributed by atoms with van der Waals surface area (Å²) < 4.78 is 0. The van der Waals surface area contributed by atoms with Crippen LogP contribution in [0.4, 0.5) is 11.5 Å². The summed E-state index contributed by atoms with van der Waals surface area (Å²) in [4.78, 5) is 6.62. The van der Waals surface area contributed by atoms with Crippen LogP contribution in [0.25, 0.3) is 0 Å². The normalized spacial score (nSPS) is 10.5. The average molecular weight is 255 g/mol. The topological polar surface area (TPSA) is 28.2 Å². The molecule has 0 atom stereocenters. The minimum atomic E-state index is 0.873. The highest BCUT2D eigenvalue weighted by molar-refractivity contribution is 5.59. The van der Waals surface area contributed by atoms with Crippen LogP contribution < -0.4 is 10.2 Å². The van der Waals surface area contributed by atoms with Crippen molar-refractivity contribution in [1.82, 2.24) is 10.3 Å². The van der Waals surface area contributed by atoms with Gasteiger partial charge in [0.05, 0.1) is 0 Å². The molecule has 2 aromatic rings. The molecule has 0 aliphatic heterocycles. The Kier molecular flexibility index (Phi) is 4.53. The zero-order valence-electron chi connectivity index (χ0n) is 11.9. The van der Waals surface area contributed by atoms with E-state index in [-0.39, 0.29) is 0 Å². The van der Waals surface area contributed by atoms with Gasteiger partial charge in [-0.05, 0) is 42.8 Å². The van der Waals surface area contributed by atoms with Gasteiger partial charge in [0.2, 0.25) is 0 Å². The molecule has 3 heteroatoms. The van der Waals surface area contributed by atoms with Crippen molar-refractivity contribution in [2.24, 2.45) is 0 Å². The lowest BCUT2D eigenvalue weighted by atomic mass is 10.2. The van der Waals surface area contributed by atoms with E-state index < -0.39 is 0 Å². The van der Waals surface area contributed by atoms with Gasteiger partial charge < -0.3 is 10.2 Å². The van der Waals surface area contributed by atoms with Gasteiger partial charge in [-0.1, -0.05) is 25.1 Å². The molecule has 1 aromatic carbocycles. The van der Waals surface area contributed by atoms with Crippen LogP contribution in [-0.4, -0.2) is 18.6 Å². The van der Waals surface area contributed by atoms with Crippen molar-refractivity contribution in [3.63, 3.8) is 0 Å². The Hall–Kier alpha value is -1.87. The summed E-state index contributed by atoms with van der Waals surface area (Å²) in [5, 5.41) is 3.30. The van der Waals surface area contributed by atoms with Crippen molar-refractivity contribution in [3.05, 3.63) is 53.7 Å². The van der Waals surface area contributed by atoms with Gasteiger partial charge in [0, 0.05) is 25.5 Å². The van der Waals surface area contributed by atoms with Gasteiger partial charge in [0.1, 0.15) is 5.82 Å². The highest BCUT2D eigenvalue weighted by atomic mass is 15.2. The smallest absolute Gasteiger partial charge is 0.132 e. The number of rotatable bonds is 5. The van der Waals surface area contributed by atoms with Crippen LogP contribution in [0.3, 0.4) is 0 Å². The van der Waals surface area contributed by atoms with Crippen molar-refractivity contribution in [1.29, 1.82) is 0 Å². The third-order valence-electron chi connectivity index (χ3n) is 3.12. The second kappa shape index (κ2) is 6.34. The molecule has 0 aliphatic rings. The highest BCUT2D eigenvalue weighted by Crippen LogP contribution is 2.22. The van der Waals surface area contributed by atoms with Crippen LogP contribution in [0.2, 0.25) is 0 Å². The molecule has 1 heterocycles. The van der Waals surface area contributed by atoms with Crippen molar-refractivity contribution in [2.75, 3.05) is 18.5 Å². The second-order valence-corrected chi connectivity index (χ2v) is 4.70. The number of nitrogens with one attached hydrogen (secondary N) is 1. The maximum Gasteiger partial charge on any atom is 0.132 e. The molecule has 0 saturated heterocycles. The Morgan fingerprint density at radius 1 is 1.21 bits per heavy atom. The predicted molar refractivity (Wildman–Crippen MR) is 80.9 cm³/mol. The molecule has 3 nitrogen and oxygen atoms in total.